The van der Waals surface area contributed by atoms with Gasteiger partial charge in [0.1, 0.15) is 43.2 Å². The Hall–Kier alpha value is -3.98. The second-order valence-electron chi connectivity index (χ2n) is 11.9. The molecule has 0 radical (unpaired) electrons. The lowest BCUT2D eigenvalue weighted by Crippen LogP contribution is -2.62. The topological polar surface area (TPSA) is 137 Å². The predicted octanol–water partition coefficient (Wildman–Crippen LogP) is 4.23. The molecule has 0 bridgehead atoms. The number of carbonyl (C=O) groups excluding carboxylic acids is 2. The van der Waals surface area contributed by atoms with Crippen LogP contribution in [0, 0.1) is 0 Å². The third kappa shape index (κ3) is 10.8. The summed E-state index contributed by atoms with van der Waals surface area (Å²) < 4.78 is 54.0. The summed E-state index contributed by atoms with van der Waals surface area (Å²) in [6.45, 7) is 2.65. The molecular weight excluding hydrogens is 648 g/mol. The van der Waals surface area contributed by atoms with Crippen LogP contribution in [0.1, 0.15) is 30.5 Å². The molecule has 5 rings (SSSR count). The first kappa shape index (κ1) is 37.3. The monoisotopic (exact) mass is 692 g/mol. The maximum absolute atomic E-state index is 11.7. The van der Waals surface area contributed by atoms with Crippen molar-refractivity contribution in [1.29, 1.82) is 0 Å². The van der Waals surface area contributed by atoms with E-state index in [0.29, 0.717) is 0 Å². The highest BCUT2D eigenvalue weighted by atomic mass is 16.8. The number of benzene rings is 3. The van der Waals surface area contributed by atoms with Gasteiger partial charge in [0.15, 0.2) is 6.29 Å². The van der Waals surface area contributed by atoms with Crippen LogP contribution in [-0.4, -0.2) is 86.3 Å². The third-order valence-corrected chi connectivity index (χ3v) is 8.07. The van der Waals surface area contributed by atoms with E-state index in [1.807, 2.05) is 91.0 Å². The van der Waals surface area contributed by atoms with E-state index in [1.165, 1.54) is 33.1 Å². The predicted molar refractivity (Wildman–Crippen MR) is 178 cm³/mol. The molecule has 8 atom stereocenters. The molecule has 0 spiro atoms. The Morgan fingerprint density at radius 2 is 1.22 bits per heavy atom. The van der Waals surface area contributed by atoms with Crippen molar-refractivity contribution in [1.82, 2.24) is 0 Å². The van der Waals surface area contributed by atoms with Crippen LogP contribution in [0.25, 0.3) is 0 Å². The number of aliphatic hydroxyl groups is 1. The Labute approximate surface area is 291 Å². The fourth-order valence-electron chi connectivity index (χ4n) is 5.65. The molecule has 0 aliphatic carbocycles. The number of esters is 2. The van der Waals surface area contributed by atoms with Crippen molar-refractivity contribution in [2.75, 3.05) is 20.3 Å². The zero-order valence-corrected chi connectivity index (χ0v) is 28.3. The maximum atomic E-state index is 11.7. The number of carbonyl (C=O) groups is 2. The van der Waals surface area contributed by atoms with Crippen LogP contribution in [0.15, 0.2) is 103 Å². The van der Waals surface area contributed by atoms with Crippen molar-refractivity contribution in [2.24, 2.45) is 0 Å². The number of rotatable bonds is 16. The summed E-state index contributed by atoms with van der Waals surface area (Å²) in [6.07, 6.45) is -3.36. The van der Waals surface area contributed by atoms with Gasteiger partial charge in [0.05, 0.1) is 26.4 Å². The highest BCUT2D eigenvalue weighted by Crippen LogP contribution is 2.33. The molecule has 0 amide bonds. The molecule has 0 saturated carbocycles. The van der Waals surface area contributed by atoms with Gasteiger partial charge >= 0.3 is 17.9 Å². The zero-order chi connectivity index (χ0) is 35.3. The van der Waals surface area contributed by atoms with Gasteiger partial charge in [-0.15, -0.1) is 0 Å². The van der Waals surface area contributed by atoms with E-state index in [-0.39, 0.29) is 33.0 Å². The maximum Gasteiger partial charge on any atom is 0.303 e. The van der Waals surface area contributed by atoms with Crippen LogP contribution in [0.5, 0.6) is 0 Å². The second-order valence-corrected chi connectivity index (χ2v) is 11.9. The highest BCUT2D eigenvalue weighted by Gasteiger charge is 2.50. The molecule has 1 saturated heterocycles. The van der Waals surface area contributed by atoms with Crippen LogP contribution in [0.3, 0.4) is 0 Å². The SMILES string of the molecule is CO[C@H]1O[C@H](COC2(O)C=C[C@H](OC(C)=O)[C@@H](COC(C)=O)O2)[C@@H](OCc2ccccc2)[C@H](OCc2ccccc2)[C@H]1OCc1ccccc1. The van der Waals surface area contributed by atoms with Gasteiger partial charge in [0, 0.05) is 27.0 Å². The summed E-state index contributed by atoms with van der Waals surface area (Å²) in [5.41, 5.74) is 2.82. The van der Waals surface area contributed by atoms with E-state index >= 15 is 0 Å². The summed E-state index contributed by atoms with van der Waals surface area (Å²) in [5, 5.41) is 11.4. The van der Waals surface area contributed by atoms with E-state index in [4.69, 9.17) is 42.6 Å². The van der Waals surface area contributed by atoms with E-state index < -0.39 is 60.8 Å². The molecule has 1 N–H and O–H groups in total. The van der Waals surface area contributed by atoms with E-state index in [1.54, 1.807) is 0 Å². The van der Waals surface area contributed by atoms with Crippen LogP contribution in [0.2, 0.25) is 0 Å². The molecule has 2 heterocycles. The van der Waals surface area contributed by atoms with Crippen LogP contribution in [0.4, 0.5) is 0 Å². The Balaban J connectivity index is 1.40. The van der Waals surface area contributed by atoms with Crippen LogP contribution >= 0.6 is 0 Å². The van der Waals surface area contributed by atoms with Crippen molar-refractivity contribution < 1.29 is 57.3 Å². The van der Waals surface area contributed by atoms with E-state index in [2.05, 4.69) is 0 Å². The summed E-state index contributed by atoms with van der Waals surface area (Å²) in [7, 11) is 1.51. The molecule has 2 aliphatic rings. The third-order valence-electron chi connectivity index (χ3n) is 8.07. The Kier molecular flexibility index (Phi) is 13.7. The Morgan fingerprint density at radius 1 is 0.700 bits per heavy atom. The van der Waals surface area contributed by atoms with Crippen LogP contribution < -0.4 is 0 Å². The smallest absolute Gasteiger partial charge is 0.303 e. The number of methoxy groups -OCH3 is 1. The van der Waals surface area contributed by atoms with Crippen LogP contribution in [-0.2, 0) is 72.0 Å². The van der Waals surface area contributed by atoms with E-state index in [9.17, 15) is 14.7 Å². The largest absolute Gasteiger partial charge is 0.463 e. The molecule has 268 valence electrons. The van der Waals surface area contributed by atoms with Crippen molar-refractivity contribution in [2.45, 2.75) is 82.6 Å². The average molecular weight is 693 g/mol. The lowest BCUT2D eigenvalue weighted by molar-refractivity contribution is -0.379. The summed E-state index contributed by atoms with van der Waals surface area (Å²) in [6, 6.07) is 29.1. The van der Waals surface area contributed by atoms with Gasteiger partial charge in [0.2, 0.25) is 0 Å². The molecule has 0 aromatic heterocycles. The van der Waals surface area contributed by atoms with Gasteiger partial charge in [0.25, 0.3) is 0 Å². The Morgan fingerprint density at radius 3 is 1.72 bits per heavy atom. The summed E-state index contributed by atoms with van der Waals surface area (Å²) >= 11 is 0. The summed E-state index contributed by atoms with van der Waals surface area (Å²) in [4.78, 5) is 23.2. The van der Waals surface area contributed by atoms with Gasteiger partial charge in [-0.3, -0.25) is 9.59 Å². The quantitative estimate of drug-likeness (QED) is 0.131. The van der Waals surface area contributed by atoms with Gasteiger partial charge in [-0.2, -0.15) is 0 Å². The highest BCUT2D eigenvalue weighted by molar-refractivity contribution is 5.67. The molecule has 12 heteroatoms. The zero-order valence-electron chi connectivity index (χ0n) is 28.3. The minimum absolute atomic E-state index is 0.217. The average Bonchev–Trinajstić information content (AvgIpc) is 3.12. The minimum atomic E-state index is -2.29. The number of hydrogen-bond donors (Lipinski definition) is 1. The van der Waals surface area contributed by atoms with Gasteiger partial charge in [-0.1, -0.05) is 91.0 Å². The Bertz CT molecular complexity index is 1500. The fourth-order valence-corrected chi connectivity index (χ4v) is 5.65. The first-order valence-corrected chi connectivity index (χ1v) is 16.4. The van der Waals surface area contributed by atoms with Gasteiger partial charge in [-0.05, 0) is 22.8 Å². The lowest BCUT2D eigenvalue weighted by atomic mass is 9.97. The second kappa shape index (κ2) is 18.3. The standard InChI is InChI=1S/C38H44O12/c1-26(39)43-24-32-31(48-27(2)40)19-20-38(41,50-32)47-25-33-34(44-21-28-13-7-4-8-14-28)35(45-22-29-15-9-5-10-16-29)36(37(42-3)49-33)46-23-30-17-11-6-12-18-30/h4-20,31-37,41H,21-25H2,1-3H3/t31-,32+,33+,34+,35-,36+,37-,38?/m0/s1. The van der Waals surface area contributed by atoms with Gasteiger partial charge < -0.3 is 47.7 Å². The number of ether oxygens (including phenoxy) is 9. The first-order valence-electron chi connectivity index (χ1n) is 16.4. The molecule has 12 nitrogen and oxygen atoms in total. The van der Waals surface area contributed by atoms with Crippen molar-refractivity contribution in [3.63, 3.8) is 0 Å². The van der Waals surface area contributed by atoms with Gasteiger partial charge in [-0.25, -0.2) is 0 Å². The molecule has 1 fully saturated rings. The molecule has 3 aromatic rings. The molecule has 50 heavy (non-hydrogen) atoms. The van der Waals surface area contributed by atoms with Crippen molar-refractivity contribution in [3.05, 3.63) is 120 Å². The first-order chi connectivity index (χ1) is 24.2. The summed E-state index contributed by atoms with van der Waals surface area (Å²) in [5.74, 6) is -3.44. The number of hydrogen-bond acceptors (Lipinski definition) is 12. The fraction of sp³-hybridized carbons (Fsp3) is 0.421. The van der Waals surface area contributed by atoms with E-state index in [0.717, 1.165) is 16.7 Å². The minimum Gasteiger partial charge on any atom is -0.463 e. The molecular formula is C38H44O12. The van der Waals surface area contributed by atoms with Crippen molar-refractivity contribution in [3.8, 4) is 0 Å². The normalized spacial score (nSPS) is 27.8. The van der Waals surface area contributed by atoms with Crippen molar-refractivity contribution >= 4 is 11.9 Å². The molecule has 2 aliphatic heterocycles. The lowest BCUT2D eigenvalue weighted by Gasteiger charge is -2.46. The molecule has 1 unspecified atom stereocenters. The molecule has 3 aromatic carbocycles.